The van der Waals surface area contributed by atoms with Gasteiger partial charge in [0, 0.05) is 6.08 Å². The van der Waals surface area contributed by atoms with Gasteiger partial charge in [0.2, 0.25) is 0 Å². The van der Waals surface area contributed by atoms with Crippen LogP contribution in [-0.2, 0) is 14.0 Å². The second kappa shape index (κ2) is 7.09. The zero-order chi connectivity index (χ0) is 13.6. The molecule has 0 saturated carbocycles. The molecule has 0 spiro atoms. The van der Waals surface area contributed by atoms with Crippen molar-refractivity contribution in [3.05, 3.63) is 12.7 Å². The van der Waals surface area contributed by atoms with Crippen molar-refractivity contribution in [1.29, 1.82) is 0 Å². The lowest BCUT2D eigenvalue weighted by atomic mass is 10.1. The van der Waals surface area contributed by atoms with Crippen LogP contribution in [0.5, 0.6) is 0 Å². The Bertz CT molecular complexity index is 287. The summed E-state index contributed by atoms with van der Waals surface area (Å²) in [7, 11) is -1.55. The molecular weight excluding hydrogens is 244 g/mol. The molecule has 0 aromatic rings. The second-order valence-electron chi connectivity index (χ2n) is 5.03. The van der Waals surface area contributed by atoms with Crippen LogP contribution >= 0.6 is 0 Å². The maximum atomic E-state index is 11.3. The molecule has 1 aliphatic rings. The molecule has 1 rings (SSSR count). The number of carbonyl (C=O) groups is 1. The highest BCUT2D eigenvalue weighted by Crippen LogP contribution is 2.34. The van der Waals surface area contributed by atoms with E-state index in [4.69, 9.17) is 9.16 Å². The summed E-state index contributed by atoms with van der Waals surface area (Å²) < 4.78 is 11.8. The third kappa shape index (κ3) is 3.69. The van der Waals surface area contributed by atoms with Crippen LogP contribution in [0.15, 0.2) is 12.7 Å². The van der Waals surface area contributed by atoms with Crippen LogP contribution in [0.1, 0.15) is 40.0 Å². The highest BCUT2D eigenvalue weighted by molar-refractivity contribution is 6.73. The maximum absolute atomic E-state index is 11.3. The van der Waals surface area contributed by atoms with E-state index in [1.807, 2.05) is 6.92 Å². The normalized spacial score (nSPS) is 24.3. The topological polar surface area (TPSA) is 35.5 Å². The molecule has 1 fully saturated rings. The van der Waals surface area contributed by atoms with Crippen molar-refractivity contribution in [2.45, 2.75) is 70.4 Å². The third-order valence-electron chi connectivity index (χ3n) is 4.06. The molecule has 1 heterocycles. The van der Waals surface area contributed by atoms with E-state index < -0.39 is 8.32 Å². The summed E-state index contributed by atoms with van der Waals surface area (Å²) in [4.78, 5) is 11.3. The predicted molar refractivity (Wildman–Crippen MR) is 76.0 cm³/mol. The van der Waals surface area contributed by atoms with Gasteiger partial charge in [0.25, 0.3) is 0 Å². The highest BCUT2D eigenvalue weighted by atomic mass is 28.4. The van der Waals surface area contributed by atoms with Gasteiger partial charge < -0.3 is 9.16 Å². The summed E-state index contributed by atoms with van der Waals surface area (Å²) >= 11 is 0. The van der Waals surface area contributed by atoms with Crippen LogP contribution < -0.4 is 0 Å². The van der Waals surface area contributed by atoms with Crippen LogP contribution in [0.25, 0.3) is 0 Å². The van der Waals surface area contributed by atoms with E-state index in [9.17, 15) is 4.79 Å². The Morgan fingerprint density at radius 1 is 1.50 bits per heavy atom. The van der Waals surface area contributed by atoms with Crippen LogP contribution in [0.4, 0.5) is 0 Å². The van der Waals surface area contributed by atoms with Gasteiger partial charge in [0.05, 0.1) is 6.10 Å². The number of rotatable bonds is 6. The van der Waals surface area contributed by atoms with Crippen molar-refractivity contribution in [3.63, 3.8) is 0 Å². The molecule has 1 aliphatic heterocycles. The Balaban J connectivity index is 2.68. The third-order valence-corrected chi connectivity index (χ3v) is 8.71. The highest BCUT2D eigenvalue weighted by Gasteiger charge is 2.40. The van der Waals surface area contributed by atoms with Crippen LogP contribution in [0.2, 0.25) is 18.1 Å². The summed E-state index contributed by atoms with van der Waals surface area (Å²) in [5.74, 6) is -0.337. The maximum Gasteiger partial charge on any atom is 0.330 e. The first-order chi connectivity index (χ1) is 8.60. The smallest absolute Gasteiger partial charge is 0.330 e. The summed E-state index contributed by atoms with van der Waals surface area (Å²) in [6, 6.07) is 3.57. The predicted octanol–water partition coefficient (Wildman–Crippen LogP) is 3.66. The van der Waals surface area contributed by atoms with Gasteiger partial charge in [-0.3, -0.25) is 0 Å². The van der Waals surface area contributed by atoms with Crippen molar-refractivity contribution >= 4 is 14.3 Å². The van der Waals surface area contributed by atoms with E-state index in [0.29, 0.717) is 0 Å². The number of carbonyl (C=O) groups excluding carboxylic acids is 1. The van der Waals surface area contributed by atoms with Crippen molar-refractivity contribution in [3.8, 4) is 0 Å². The first-order valence-corrected chi connectivity index (χ1v) is 9.64. The largest absolute Gasteiger partial charge is 0.457 e. The average molecular weight is 270 g/mol. The summed E-state index contributed by atoms with van der Waals surface area (Å²) in [5.41, 5.74) is 0. The first-order valence-electron chi connectivity index (χ1n) is 7.11. The molecule has 1 saturated heterocycles. The molecule has 3 nitrogen and oxygen atoms in total. The molecule has 0 amide bonds. The van der Waals surface area contributed by atoms with Gasteiger partial charge in [0.1, 0.15) is 6.10 Å². The number of ether oxygens (including phenoxy) is 1. The molecule has 0 aromatic carbocycles. The van der Waals surface area contributed by atoms with Crippen molar-refractivity contribution in [2.75, 3.05) is 0 Å². The minimum absolute atomic E-state index is 0.0965. The Morgan fingerprint density at radius 3 is 2.67 bits per heavy atom. The zero-order valence-electron chi connectivity index (χ0n) is 11.9. The van der Waals surface area contributed by atoms with E-state index in [2.05, 4.69) is 20.4 Å². The van der Waals surface area contributed by atoms with Gasteiger partial charge in [-0.2, -0.15) is 0 Å². The van der Waals surface area contributed by atoms with Crippen LogP contribution in [0, 0.1) is 0 Å². The lowest BCUT2D eigenvalue weighted by molar-refractivity contribution is -0.149. The van der Waals surface area contributed by atoms with Gasteiger partial charge in [-0.1, -0.05) is 33.8 Å². The lowest BCUT2D eigenvalue weighted by Crippen LogP contribution is -2.48. The molecule has 4 heteroatoms. The molecule has 0 bridgehead atoms. The summed E-state index contributed by atoms with van der Waals surface area (Å²) in [6.07, 6.45) is 4.25. The fourth-order valence-electron chi connectivity index (χ4n) is 2.72. The van der Waals surface area contributed by atoms with Gasteiger partial charge >= 0.3 is 5.97 Å². The average Bonchev–Trinajstić information content (AvgIpc) is 2.44. The van der Waals surface area contributed by atoms with E-state index in [0.717, 1.165) is 24.9 Å². The van der Waals surface area contributed by atoms with E-state index >= 15 is 0 Å². The van der Waals surface area contributed by atoms with E-state index in [-0.39, 0.29) is 18.2 Å². The standard InChI is InChI=1S/C14H26O3Si/c1-5-12(16-14(15)6-2)13-10-9-11-18(7-3,8-4)17-13/h6,12-13H,2,5,7-11H2,1,3-4H3. The minimum atomic E-state index is -1.55. The Kier molecular flexibility index (Phi) is 6.09. The number of hydrogen-bond acceptors (Lipinski definition) is 3. The number of esters is 1. The Morgan fingerprint density at radius 2 is 2.17 bits per heavy atom. The molecular formula is C14H26O3Si. The lowest BCUT2D eigenvalue weighted by Gasteiger charge is -2.41. The van der Waals surface area contributed by atoms with Crippen LogP contribution in [0.3, 0.4) is 0 Å². The van der Waals surface area contributed by atoms with Crippen molar-refractivity contribution < 1.29 is 14.0 Å². The van der Waals surface area contributed by atoms with Crippen LogP contribution in [-0.4, -0.2) is 26.5 Å². The zero-order valence-corrected chi connectivity index (χ0v) is 12.9. The van der Waals surface area contributed by atoms with Gasteiger partial charge in [0.15, 0.2) is 8.32 Å². The molecule has 0 aromatic heterocycles. The molecule has 104 valence electrons. The van der Waals surface area contributed by atoms with E-state index in [1.54, 1.807) is 0 Å². The van der Waals surface area contributed by atoms with Crippen molar-refractivity contribution in [2.24, 2.45) is 0 Å². The summed E-state index contributed by atoms with van der Waals surface area (Å²) in [5, 5.41) is 0. The molecule has 0 aliphatic carbocycles. The quantitative estimate of drug-likeness (QED) is 0.420. The fourth-order valence-corrected chi connectivity index (χ4v) is 6.13. The number of hydrogen-bond donors (Lipinski definition) is 0. The molecule has 0 N–H and O–H groups in total. The monoisotopic (exact) mass is 270 g/mol. The van der Waals surface area contributed by atoms with Gasteiger partial charge in [-0.15, -0.1) is 0 Å². The molecule has 2 atom stereocenters. The van der Waals surface area contributed by atoms with Crippen molar-refractivity contribution in [1.82, 2.24) is 0 Å². The summed E-state index contributed by atoms with van der Waals surface area (Å²) in [6.45, 7) is 9.95. The first kappa shape index (κ1) is 15.4. The Hall–Kier alpha value is -0.613. The molecule has 2 unspecified atom stereocenters. The molecule has 0 radical (unpaired) electrons. The fraction of sp³-hybridized carbons (Fsp3) is 0.786. The minimum Gasteiger partial charge on any atom is -0.457 e. The molecule has 18 heavy (non-hydrogen) atoms. The SMILES string of the molecule is C=CC(=O)OC(CC)C1CCC[Si](CC)(CC)O1. The second-order valence-corrected chi connectivity index (χ2v) is 9.54. The van der Waals surface area contributed by atoms with Gasteiger partial charge in [-0.05, 0) is 31.0 Å². The Labute approximate surface area is 112 Å². The van der Waals surface area contributed by atoms with Gasteiger partial charge in [-0.25, -0.2) is 4.79 Å². The van der Waals surface area contributed by atoms with E-state index in [1.165, 1.54) is 18.5 Å².